The number of methoxy groups -OCH3 is 12. The van der Waals surface area contributed by atoms with Crippen molar-refractivity contribution in [3.05, 3.63) is 140 Å². The minimum Gasteiger partial charge on any atom is -0.493 e. The fourth-order valence-corrected chi connectivity index (χ4v) is 19.9. The van der Waals surface area contributed by atoms with E-state index in [4.69, 9.17) is 131 Å². The third-order valence-corrected chi connectivity index (χ3v) is 26.4. The maximum atomic E-state index is 11.2. The van der Waals surface area contributed by atoms with Crippen LogP contribution in [0.3, 0.4) is 0 Å². The maximum absolute atomic E-state index is 11.2. The molecule has 24 nitrogen and oxygen atoms in total. The topological polar surface area (TPSA) is 252 Å². The maximum Gasteiger partial charge on any atom is 0.161 e. The molecule has 0 bridgehead atoms. The minimum absolute atomic E-state index is 0.00681. The quantitative estimate of drug-likeness (QED) is 0.0329. The summed E-state index contributed by atoms with van der Waals surface area (Å²) in [5, 5.41) is 66.5. The summed E-state index contributed by atoms with van der Waals surface area (Å²) in [5.74, 6) is -22.1. The van der Waals surface area contributed by atoms with Crippen molar-refractivity contribution in [1.82, 2.24) is 29.4 Å². The van der Waals surface area contributed by atoms with Gasteiger partial charge in [-0.1, -0.05) is 82.8 Å². The molecule has 0 aromatic heterocycles. The lowest BCUT2D eigenvalue weighted by molar-refractivity contribution is -0.0192. The van der Waals surface area contributed by atoms with Gasteiger partial charge >= 0.3 is 0 Å². The summed E-state index contributed by atoms with van der Waals surface area (Å²) in [6.45, 7) is -1.95. The fourth-order valence-electron chi connectivity index (χ4n) is 19.9. The van der Waals surface area contributed by atoms with Gasteiger partial charge < -0.3 is 87.5 Å². The van der Waals surface area contributed by atoms with Gasteiger partial charge in [-0.15, -0.1) is 0 Å². The van der Waals surface area contributed by atoms with Crippen molar-refractivity contribution in [2.24, 2.45) is 70.8 Å². The van der Waals surface area contributed by atoms with Crippen LogP contribution in [0.25, 0.3) is 0 Å². The van der Waals surface area contributed by atoms with Crippen LogP contribution in [-0.2, 0) is 38.5 Å². The van der Waals surface area contributed by atoms with Crippen LogP contribution in [0.5, 0.6) is 69.0 Å². The van der Waals surface area contributed by atoms with Gasteiger partial charge in [0.2, 0.25) is 0 Å². The van der Waals surface area contributed by atoms with E-state index in [2.05, 4.69) is 18.7 Å². The number of ether oxygens (including phenoxy) is 12. The van der Waals surface area contributed by atoms with Crippen molar-refractivity contribution in [1.29, 1.82) is 0 Å². The second kappa shape index (κ2) is 49.1. The van der Waals surface area contributed by atoms with E-state index < -0.39 is 258 Å². The Labute approximate surface area is 903 Å². The lowest BCUT2D eigenvalue weighted by Crippen LogP contribution is -2.48. The summed E-state index contributed by atoms with van der Waals surface area (Å²) in [4.78, 5) is 9.54. The zero-order chi connectivity index (χ0) is 147. The van der Waals surface area contributed by atoms with E-state index in [1.54, 1.807) is 49.5 Å². The summed E-state index contributed by atoms with van der Waals surface area (Å²) in [6.07, 6.45) is -40.5. The highest BCUT2D eigenvalue weighted by Crippen LogP contribution is 2.52. The lowest BCUT2D eigenvalue weighted by atomic mass is 9.79. The number of hydrogen-bond acceptors (Lipinski definition) is 24. The molecule has 24 heteroatoms. The Kier molecular flexibility index (Phi) is 20.2. The van der Waals surface area contributed by atoms with Crippen molar-refractivity contribution in [3.8, 4) is 69.0 Å². The second-order valence-electron chi connectivity index (χ2n) is 36.6. The van der Waals surface area contributed by atoms with E-state index in [0.29, 0.717) is 112 Å². The highest BCUT2D eigenvalue weighted by molar-refractivity contribution is 5.55. The lowest BCUT2D eigenvalue weighted by Gasteiger charge is -2.46. The molecule has 22 unspecified atom stereocenters. The van der Waals surface area contributed by atoms with E-state index in [0.717, 1.165) is 70.3 Å². The summed E-state index contributed by atoms with van der Waals surface area (Å²) < 4.78 is 506. The van der Waals surface area contributed by atoms with Crippen LogP contribution in [0.2, 0.25) is 0 Å². The standard InChI is InChI=1S/6C19H29NO3/c6*1-12(2)7-14-11-20-6-5-13-8-18(22-3)19(23-4)9-15(13)16(20)10-17(14)21/h6*8-9,12,14,16-17,21H,5-7,10-11H2,1-4H3/i2*1D3,4D3,7D2,10D2,12D,14D,17D;2*1D3,7D2,10D2,12D,14D,17D;4D3,10D2,14D,17D;16D. The van der Waals surface area contributed by atoms with E-state index in [-0.39, 0.29) is 109 Å². The summed E-state index contributed by atoms with van der Waals surface area (Å²) in [5.41, 5.74) is 6.82. The molecule has 0 aliphatic carbocycles. The molecular weight excluding hydrogens is 1740 g/mol. The molecule has 22 atom stereocenters. The van der Waals surface area contributed by atoms with Gasteiger partial charge in [-0.25, -0.2) is 0 Å². The number of aliphatic hydroxyl groups is 6. The molecule has 768 valence electrons. The number of aliphatic hydroxyl groups excluding tert-OH is 1. The molecule has 0 amide bonds. The van der Waals surface area contributed by atoms with E-state index in [9.17, 15) is 30.6 Å². The van der Waals surface area contributed by atoms with Gasteiger partial charge in [0.1, 0.15) is 0 Å². The van der Waals surface area contributed by atoms with Crippen molar-refractivity contribution < 1.29 is 162 Å². The SMILES string of the molecule is [2H]C([2H])([2H])C([2H])(C)C([2H])([2H])C1([2H])CN2CCc3cc(OC)c(OC)cc3C2C([2H])([2H])C1([2H])O.[2H]C([2H])([2H])C([2H])(C)C([2H])([2H])C1([2H])CN2CCc3cc(OC)c(OC)cc3C2C([2H])([2H])C1([2H])O.[2H]C([2H])([2H])Oc1cc2c(cc1OC)CCN1CC([2H])(C([2H])([2H])C([2H])(C)C([2H])([2H])[2H])C([2H])(O)C([2H])([2H])C21.[2H]C([2H])([2H])Oc1cc2c(cc1OC)CCN1CC([2H])(C([2H])([2H])C([2H])(C)C([2H])([2H])[2H])C([2H])(O)C([2H])([2H])C21.[2H]C([2H])([2H])Oc1cc2c(cc1OC)CCN1CC([2H])(CC(C)C)C([2H])(O)C([2H])([2H])C21.[2H]C12CC(O)C(CC(C)C)CN1CCc1cc(OC)c(OC)cc12. The number of benzene rings is 6. The van der Waals surface area contributed by atoms with Gasteiger partial charge in [0, 0.05) is 168 Å². The van der Waals surface area contributed by atoms with Crippen LogP contribution in [0.1, 0.15) is 336 Å². The first-order chi connectivity index (χ1) is 86.6. The summed E-state index contributed by atoms with van der Waals surface area (Å²) in [6, 6.07) is 11.6. The predicted octanol–water partition coefficient (Wildman–Crippen LogP) is 18.2. The van der Waals surface area contributed by atoms with E-state index in [1.807, 2.05) is 26.0 Å². The number of nitrogens with zero attached hydrogens (tertiary/aromatic N) is 6. The Morgan fingerprint density at radius 1 is 0.304 bits per heavy atom. The van der Waals surface area contributed by atoms with Gasteiger partial charge in [0.15, 0.2) is 69.0 Å². The molecule has 12 heterocycles. The Morgan fingerprint density at radius 3 is 0.761 bits per heavy atom. The number of rotatable bonds is 24. The van der Waals surface area contributed by atoms with Gasteiger partial charge in [-0.3, -0.25) is 29.4 Å². The Balaban J connectivity index is 0.000000186. The van der Waals surface area contributed by atoms with Crippen LogP contribution in [-0.4, -0.2) is 260 Å². The zero-order valence-electron chi connectivity index (χ0n) is 136. The largest absolute Gasteiger partial charge is 0.493 e. The van der Waals surface area contributed by atoms with Crippen molar-refractivity contribution in [2.45, 2.75) is 271 Å². The summed E-state index contributed by atoms with van der Waals surface area (Å²) >= 11 is 0. The molecule has 6 fully saturated rings. The van der Waals surface area contributed by atoms with Crippen LogP contribution in [0.15, 0.2) is 72.8 Å². The summed E-state index contributed by atoms with van der Waals surface area (Å²) in [7, 11) is 4.54. The van der Waals surface area contributed by atoms with E-state index in [1.165, 1.54) is 99.7 Å². The highest BCUT2D eigenvalue weighted by atomic mass is 16.5. The van der Waals surface area contributed by atoms with Gasteiger partial charge in [0.25, 0.3) is 0 Å². The minimum atomic E-state index is -3.53. The van der Waals surface area contributed by atoms with E-state index >= 15 is 0 Å². The second-order valence-corrected chi connectivity index (χ2v) is 36.6. The van der Waals surface area contributed by atoms with Gasteiger partial charge in [-0.05, 0) is 326 Å². The molecule has 6 saturated heterocycles. The fraction of sp³-hybridized carbons (Fsp3) is 0.684. The number of fused-ring (bicyclic) bond motifs is 18. The third kappa shape index (κ3) is 25.4. The molecule has 0 radical (unpaired) electrons. The molecule has 138 heavy (non-hydrogen) atoms. The predicted molar refractivity (Wildman–Crippen MR) is 547 cm³/mol. The number of piperidine rings is 6. The average Bonchev–Trinajstić information content (AvgIpc) is 0.680. The molecular formula is C114H174N6O18. The Bertz CT molecular complexity index is 7240. The molecule has 12 aliphatic rings. The first-order valence-electron chi connectivity index (χ1n) is 73.3. The highest BCUT2D eigenvalue weighted by Gasteiger charge is 2.47. The van der Waals surface area contributed by atoms with Crippen LogP contribution < -0.4 is 56.8 Å². The van der Waals surface area contributed by atoms with Gasteiger partial charge in [0.05, 0.1) is 142 Å². The molecule has 0 saturated carbocycles. The van der Waals surface area contributed by atoms with Crippen molar-refractivity contribution in [3.63, 3.8) is 0 Å². The first-order valence-corrected chi connectivity index (χ1v) is 46.3. The first kappa shape index (κ1) is 56.6. The van der Waals surface area contributed by atoms with Crippen LogP contribution >= 0.6 is 0 Å². The molecule has 6 N–H and O–H groups in total. The molecule has 0 spiro atoms. The van der Waals surface area contributed by atoms with Gasteiger partial charge in [-0.2, -0.15) is 0 Å². The molecule has 6 aromatic rings. The van der Waals surface area contributed by atoms with Crippen molar-refractivity contribution in [2.75, 3.05) is 164 Å². The normalized spacial score (nSPS) is 43.7. The average molecular weight is 1970 g/mol. The van der Waals surface area contributed by atoms with Crippen molar-refractivity contribution >= 4 is 0 Å². The molecule has 18 rings (SSSR count). The monoisotopic (exact) mass is 1970 g/mol. The Hall–Kier alpha value is -7.56. The number of hydrogen-bond donors (Lipinski definition) is 6. The molecule has 6 aromatic carbocycles. The van der Waals surface area contributed by atoms with Crippen LogP contribution in [0, 0.1) is 70.8 Å². The zero-order valence-corrected chi connectivity index (χ0v) is 81.7. The molecule has 12 aliphatic heterocycles. The smallest absolute Gasteiger partial charge is 0.161 e. The third-order valence-electron chi connectivity index (χ3n) is 26.4. The van der Waals surface area contributed by atoms with Crippen LogP contribution in [0.4, 0.5) is 0 Å². The Morgan fingerprint density at radius 2 is 0.522 bits per heavy atom.